The number of alkyl halides is 3. The quantitative estimate of drug-likeness (QED) is 0.608. The SMILES string of the molecule is CC(Nc1ccc(C(=O)Nc2ccccc2C(F)(F)F)cn1)c1ccccc1. The van der Waals surface area contributed by atoms with Crippen LogP contribution in [0.5, 0.6) is 0 Å². The van der Waals surface area contributed by atoms with Gasteiger partial charge in [-0.05, 0) is 36.8 Å². The van der Waals surface area contributed by atoms with Crippen LogP contribution in [0.1, 0.15) is 34.5 Å². The van der Waals surface area contributed by atoms with E-state index in [2.05, 4.69) is 15.6 Å². The Balaban J connectivity index is 1.69. The first-order chi connectivity index (χ1) is 13.3. The van der Waals surface area contributed by atoms with E-state index in [-0.39, 0.29) is 17.3 Å². The second kappa shape index (κ2) is 8.12. The number of nitrogens with zero attached hydrogens (tertiary/aromatic N) is 1. The van der Waals surface area contributed by atoms with E-state index >= 15 is 0 Å². The van der Waals surface area contributed by atoms with Crippen LogP contribution in [0.2, 0.25) is 0 Å². The van der Waals surface area contributed by atoms with Gasteiger partial charge in [-0.3, -0.25) is 4.79 Å². The van der Waals surface area contributed by atoms with Gasteiger partial charge in [0.2, 0.25) is 0 Å². The molecule has 3 aromatic rings. The molecular weight excluding hydrogens is 367 g/mol. The Morgan fingerprint density at radius 1 is 0.964 bits per heavy atom. The highest BCUT2D eigenvalue weighted by atomic mass is 19.4. The lowest BCUT2D eigenvalue weighted by molar-refractivity contribution is -0.136. The summed E-state index contributed by atoms with van der Waals surface area (Å²) in [6.45, 7) is 1.98. The van der Waals surface area contributed by atoms with Gasteiger partial charge in [-0.25, -0.2) is 4.98 Å². The first-order valence-corrected chi connectivity index (χ1v) is 8.59. The maximum absolute atomic E-state index is 13.0. The number of pyridine rings is 1. The molecule has 144 valence electrons. The first-order valence-electron chi connectivity index (χ1n) is 8.59. The van der Waals surface area contributed by atoms with Gasteiger partial charge in [0, 0.05) is 12.2 Å². The predicted octanol–water partition coefficient (Wildman–Crippen LogP) is 5.53. The highest BCUT2D eigenvalue weighted by Crippen LogP contribution is 2.34. The fraction of sp³-hybridized carbons (Fsp3) is 0.143. The average Bonchev–Trinajstić information content (AvgIpc) is 2.69. The second-order valence-electron chi connectivity index (χ2n) is 6.21. The second-order valence-corrected chi connectivity index (χ2v) is 6.21. The Bertz CT molecular complexity index is 941. The number of benzene rings is 2. The topological polar surface area (TPSA) is 54.0 Å². The zero-order valence-electron chi connectivity index (χ0n) is 15.0. The van der Waals surface area contributed by atoms with Gasteiger partial charge in [-0.15, -0.1) is 0 Å². The molecule has 0 fully saturated rings. The maximum atomic E-state index is 13.0. The van der Waals surface area contributed by atoms with Crippen LogP contribution in [0.4, 0.5) is 24.7 Å². The van der Waals surface area contributed by atoms with E-state index in [1.165, 1.54) is 30.5 Å². The summed E-state index contributed by atoms with van der Waals surface area (Å²) < 4.78 is 39.1. The number of carbonyl (C=O) groups excluding carboxylic acids is 1. The van der Waals surface area contributed by atoms with Crippen molar-refractivity contribution in [3.05, 3.63) is 89.6 Å². The van der Waals surface area contributed by atoms with Gasteiger partial charge in [0.25, 0.3) is 5.91 Å². The number of hydrogen-bond acceptors (Lipinski definition) is 3. The van der Waals surface area contributed by atoms with Crippen molar-refractivity contribution in [1.29, 1.82) is 0 Å². The molecule has 0 radical (unpaired) electrons. The summed E-state index contributed by atoms with van der Waals surface area (Å²) in [5.74, 6) is -0.101. The van der Waals surface area contributed by atoms with Crippen molar-refractivity contribution >= 4 is 17.4 Å². The molecule has 0 saturated heterocycles. The van der Waals surface area contributed by atoms with E-state index < -0.39 is 17.6 Å². The van der Waals surface area contributed by atoms with Crippen LogP contribution >= 0.6 is 0 Å². The van der Waals surface area contributed by atoms with Gasteiger partial charge >= 0.3 is 6.18 Å². The molecule has 28 heavy (non-hydrogen) atoms. The molecular formula is C21H18F3N3O. The fourth-order valence-corrected chi connectivity index (χ4v) is 2.69. The molecule has 0 aliphatic rings. The molecule has 0 aliphatic carbocycles. The maximum Gasteiger partial charge on any atom is 0.418 e. The number of halogens is 3. The molecule has 0 spiro atoms. The highest BCUT2D eigenvalue weighted by Gasteiger charge is 2.33. The smallest absolute Gasteiger partial charge is 0.364 e. The third-order valence-corrected chi connectivity index (χ3v) is 4.17. The van der Waals surface area contributed by atoms with Crippen molar-refractivity contribution in [3.8, 4) is 0 Å². The van der Waals surface area contributed by atoms with Crippen LogP contribution in [0.25, 0.3) is 0 Å². The van der Waals surface area contributed by atoms with Crippen molar-refractivity contribution in [3.63, 3.8) is 0 Å². The van der Waals surface area contributed by atoms with Crippen molar-refractivity contribution in [2.75, 3.05) is 10.6 Å². The molecule has 2 aromatic carbocycles. The van der Waals surface area contributed by atoms with E-state index in [0.29, 0.717) is 5.82 Å². The number of nitrogens with one attached hydrogen (secondary N) is 2. The Kier molecular flexibility index (Phi) is 5.63. The largest absolute Gasteiger partial charge is 0.418 e. The molecule has 0 aliphatic heterocycles. The minimum Gasteiger partial charge on any atom is -0.364 e. The molecule has 1 aromatic heterocycles. The molecule has 4 nitrogen and oxygen atoms in total. The van der Waals surface area contributed by atoms with E-state index in [1.807, 2.05) is 37.3 Å². The summed E-state index contributed by atoms with van der Waals surface area (Å²) >= 11 is 0. The van der Waals surface area contributed by atoms with Crippen LogP contribution in [0.3, 0.4) is 0 Å². The number of carbonyl (C=O) groups is 1. The highest BCUT2D eigenvalue weighted by molar-refractivity contribution is 6.04. The van der Waals surface area contributed by atoms with Crippen LogP contribution in [-0.2, 0) is 6.18 Å². The van der Waals surface area contributed by atoms with Crippen molar-refractivity contribution in [1.82, 2.24) is 4.98 Å². The Hall–Kier alpha value is -3.35. The van der Waals surface area contributed by atoms with Gasteiger partial charge in [0.05, 0.1) is 16.8 Å². The zero-order chi connectivity index (χ0) is 20.1. The van der Waals surface area contributed by atoms with Gasteiger partial charge < -0.3 is 10.6 Å². The predicted molar refractivity (Wildman–Crippen MR) is 102 cm³/mol. The molecule has 0 bridgehead atoms. The van der Waals surface area contributed by atoms with Gasteiger partial charge in [-0.2, -0.15) is 13.2 Å². The lowest BCUT2D eigenvalue weighted by atomic mass is 10.1. The minimum absolute atomic E-state index is 0.00652. The monoisotopic (exact) mass is 385 g/mol. The number of amides is 1. The third-order valence-electron chi connectivity index (χ3n) is 4.17. The van der Waals surface area contributed by atoms with Crippen LogP contribution < -0.4 is 10.6 Å². The summed E-state index contributed by atoms with van der Waals surface area (Å²) in [6.07, 6.45) is -3.23. The van der Waals surface area contributed by atoms with Crippen molar-refractivity contribution in [2.45, 2.75) is 19.1 Å². The molecule has 1 heterocycles. The number of rotatable bonds is 5. The third kappa shape index (κ3) is 4.68. The van der Waals surface area contributed by atoms with Crippen LogP contribution in [0.15, 0.2) is 72.9 Å². The van der Waals surface area contributed by atoms with Crippen molar-refractivity contribution < 1.29 is 18.0 Å². The van der Waals surface area contributed by atoms with E-state index in [0.717, 1.165) is 11.6 Å². The fourth-order valence-electron chi connectivity index (χ4n) is 2.69. The Labute approximate surface area is 160 Å². The zero-order valence-corrected chi connectivity index (χ0v) is 15.0. The standard InChI is InChI=1S/C21H18F3N3O/c1-14(15-7-3-2-4-8-15)26-19-12-11-16(13-25-19)20(28)27-18-10-6-5-9-17(18)21(22,23)24/h2-14H,1H3,(H,25,26)(H,27,28). The molecule has 7 heteroatoms. The van der Waals surface area contributed by atoms with E-state index in [1.54, 1.807) is 6.07 Å². The molecule has 1 unspecified atom stereocenters. The van der Waals surface area contributed by atoms with Crippen LogP contribution in [0, 0.1) is 0 Å². The summed E-state index contributed by atoms with van der Waals surface area (Å²) in [4.78, 5) is 16.5. The number of anilines is 2. The lowest BCUT2D eigenvalue weighted by Gasteiger charge is -2.15. The molecule has 1 atom stereocenters. The first kappa shape index (κ1) is 19.4. The summed E-state index contributed by atoms with van der Waals surface area (Å²) in [7, 11) is 0. The Morgan fingerprint density at radius 2 is 1.64 bits per heavy atom. The molecule has 2 N–H and O–H groups in total. The molecule has 0 saturated carbocycles. The number of para-hydroxylation sites is 1. The van der Waals surface area contributed by atoms with E-state index in [9.17, 15) is 18.0 Å². The average molecular weight is 385 g/mol. The molecule has 3 rings (SSSR count). The van der Waals surface area contributed by atoms with Crippen molar-refractivity contribution in [2.24, 2.45) is 0 Å². The summed E-state index contributed by atoms with van der Waals surface area (Å²) in [5.41, 5.74) is 0.0518. The van der Waals surface area contributed by atoms with Gasteiger partial charge in [0.1, 0.15) is 5.82 Å². The summed E-state index contributed by atoms with van der Waals surface area (Å²) in [6, 6.07) is 17.7. The summed E-state index contributed by atoms with van der Waals surface area (Å²) in [5, 5.41) is 5.51. The normalized spacial score (nSPS) is 12.3. The van der Waals surface area contributed by atoms with Gasteiger partial charge in [-0.1, -0.05) is 42.5 Å². The lowest BCUT2D eigenvalue weighted by Crippen LogP contribution is -2.17. The minimum atomic E-state index is -4.55. The number of hydrogen-bond donors (Lipinski definition) is 2. The van der Waals surface area contributed by atoms with E-state index in [4.69, 9.17) is 0 Å². The van der Waals surface area contributed by atoms with Gasteiger partial charge in [0.15, 0.2) is 0 Å². The Morgan fingerprint density at radius 3 is 2.29 bits per heavy atom. The molecule has 1 amide bonds. The van der Waals surface area contributed by atoms with Crippen LogP contribution in [-0.4, -0.2) is 10.9 Å². The number of aromatic nitrogens is 1.